The first-order valence-corrected chi connectivity index (χ1v) is 12.4. The maximum atomic E-state index is 12.5. The molecule has 0 radical (unpaired) electrons. The summed E-state index contributed by atoms with van der Waals surface area (Å²) in [7, 11) is 1.59. The number of carbonyl (C=O) groups is 1. The Morgan fingerprint density at radius 2 is 1.97 bits per heavy atom. The minimum Gasteiger partial charge on any atom is -0.493 e. The molecule has 0 unspecified atom stereocenters. The molecule has 1 aromatic carbocycles. The van der Waals surface area contributed by atoms with Gasteiger partial charge in [0.2, 0.25) is 5.91 Å². The zero-order valence-electron chi connectivity index (χ0n) is 20.0. The summed E-state index contributed by atoms with van der Waals surface area (Å²) in [5.41, 5.74) is 0.595. The van der Waals surface area contributed by atoms with Crippen LogP contribution in [0.3, 0.4) is 0 Å². The van der Waals surface area contributed by atoms with E-state index < -0.39 is 0 Å². The van der Waals surface area contributed by atoms with E-state index >= 15 is 0 Å². The van der Waals surface area contributed by atoms with Crippen molar-refractivity contribution in [2.24, 2.45) is 5.92 Å². The molecule has 2 fully saturated rings. The number of carbonyl (C=O) groups excluding carboxylic acids is 1. The van der Waals surface area contributed by atoms with Crippen LogP contribution < -0.4 is 20.3 Å². The van der Waals surface area contributed by atoms with E-state index in [1.54, 1.807) is 13.2 Å². The Balaban J connectivity index is 1.28. The fourth-order valence-electron chi connectivity index (χ4n) is 4.31. The average Bonchev–Trinajstić information content (AvgIpc) is 2.83. The van der Waals surface area contributed by atoms with Crippen molar-refractivity contribution in [3.05, 3.63) is 34.2 Å². The third-order valence-electron chi connectivity index (χ3n) is 6.69. The molecule has 2 N–H and O–H groups in total. The molecular formula is C25H35N5O4. The number of benzene rings is 1. The Morgan fingerprint density at radius 1 is 1.15 bits per heavy atom. The molecule has 184 valence electrons. The van der Waals surface area contributed by atoms with Gasteiger partial charge in [0.05, 0.1) is 13.7 Å². The molecule has 0 spiro atoms. The molecular weight excluding hydrogens is 434 g/mol. The molecule has 34 heavy (non-hydrogen) atoms. The van der Waals surface area contributed by atoms with Gasteiger partial charge in [-0.2, -0.15) is 0 Å². The van der Waals surface area contributed by atoms with Gasteiger partial charge in [0.25, 0.3) is 5.56 Å². The third kappa shape index (κ3) is 6.56. The number of nitrogens with one attached hydrogen (secondary N) is 2. The van der Waals surface area contributed by atoms with Gasteiger partial charge in [-0.1, -0.05) is 12.8 Å². The number of H-pyrrole nitrogens is 1. The number of aromatic nitrogens is 3. The highest BCUT2D eigenvalue weighted by Crippen LogP contribution is 2.33. The van der Waals surface area contributed by atoms with Crippen LogP contribution in [0.15, 0.2) is 23.0 Å². The zero-order chi connectivity index (χ0) is 23.8. The molecule has 1 amide bonds. The minimum absolute atomic E-state index is 0.0792. The van der Waals surface area contributed by atoms with E-state index in [-0.39, 0.29) is 30.0 Å². The summed E-state index contributed by atoms with van der Waals surface area (Å²) in [5, 5.41) is 11.2. The number of piperidine rings is 1. The van der Waals surface area contributed by atoms with E-state index in [9.17, 15) is 9.59 Å². The number of amides is 1. The molecule has 1 aromatic heterocycles. The van der Waals surface area contributed by atoms with Gasteiger partial charge in [-0.3, -0.25) is 9.59 Å². The smallest absolute Gasteiger partial charge is 0.273 e. The maximum absolute atomic E-state index is 12.5. The van der Waals surface area contributed by atoms with Crippen molar-refractivity contribution >= 4 is 5.91 Å². The van der Waals surface area contributed by atoms with Crippen LogP contribution in [0.5, 0.6) is 11.5 Å². The van der Waals surface area contributed by atoms with Crippen molar-refractivity contribution in [2.45, 2.75) is 51.4 Å². The zero-order valence-corrected chi connectivity index (χ0v) is 20.0. The highest BCUT2D eigenvalue weighted by molar-refractivity contribution is 5.76. The number of aromatic amines is 1. The third-order valence-corrected chi connectivity index (χ3v) is 6.69. The van der Waals surface area contributed by atoms with Crippen LogP contribution in [0.25, 0.3) is 11.4 Å². The van der Waals surface area contributed by atoms with Gasteiger partial charge in [-0.25, -0.2) is 0 Å². The second-order valence-corrected chi connectivity index (χ2v) is 9.18. The van der Waals surface area contributed by atoms with Crippen LogP contribution in [0, 0.1) is 5.92 Å². The maximum Gasteiger partial charge on any atom is 0.273 e. The number of hydrogen-bond donors (Lipinski definition) is 2. The molecule has 1 saturated heterocycles. The molecule has 0 bridgehead atoms. The van der Waals surface area contributed by atoms with E-state index in [0.29, 0.717) is 42.0 Å². The van der Waals surface area contributed by atoms with Gasteiger partial charge in [0.1, 0.15) is 5.69 Å². The summed E-state index contributed by atoms with van der Waals surface area (Å²) < 4.78 is 11.4. The lowest BCUT2D eigenvalue weighted by atomic mass is 9.86. The molecule has 0 atom stereocenters. The van der Waals surface area contributed by atoms with E-state index in [1.807, 2.05) is 12.1 Å². The standard InChI is InChI=1S/C25H35N5O4/c1-33-22-16-19(8-10-21(22)34-17-18-6-5-7-18)24-27-25(32)20(28-29-24)9-11-23(31)26-12-15-30-13-3-2-4-14-30/h8,10,16,18H,2-7,9,11-15,17H2,1H3,(H,26,31)(H,27,29,32). The summed E-state index contributed by atoms with van der Waals surface area (Å²) in [6.45, 7) is 4.40. The van der Waals surface area contributed by atoms with E-state index in [2.05, 4.69) is 25.4 Å². The lowest BCUT2D eigenvalue weighted by molar-refractivity contribution is -0.121. The predicted octanol–water partition coefficient (Wildman–Crippen LogP) is 2.55. The Labute approximate surface area is 200 Å². The van der Waals surface area contributed by atoms with Gasteiger partial charge in [0, 0.05) is 31.5 Å². The molecule has 1 aliphatic carbocycles. The molecule has 1 saturated carbocycles. The van der Waals surface area contributed by atoms with Crippen LogP contribution in [-0.4, -0.2) is 65.9 Å². The lowest BCUT2D eigenvalue weighted by Gasteiger charge is -2.26. The Bertz CT molecular complexity index is 1010. The molecule has 4 rings (SSSR count). The van der Waals surface area contributed by atoms with Gasteiger partial charge in [-0.05, 0) is 62.9 Å². The number of likely N-dealkylation sites (tertiary alicyclic amines) is 1. The molecule has 2 heterocycles. The van der Waals surface area contributed by atoms with E-state index in [0.717, 1.165) is 19.6 Å². The minimum atomic E-state index is -0.338. The molecule has 2 aromatic rings. The van der Waals surface area contributed by atoms with E-state index in [1.165, 1.54) is 38.5 Å². The monoisotopic (exact) mass is 469 g/mol. The number of aryl methyl sites for hydroxylation is 1. The topological polar surface area (TPSA) is 109 Å². The van der Waals surface area contributed by atoms with Crippen molar-refractivity contribution in [2.75, 3.05) is 39.9 Å². The quantitative estimate of drug-likeness (QED) is 0.520. The first kappa shape index (κ1) is 24.2. The van der Waals surface area contributed by atoms with Gasteiger partial charge >= 0.3 is 0 Å². The molecule has 1 aliphatic heterocycles. The van der Waals surface area contributed by atoms with Crippen LogP contribution >= 0.6 is 0 Å². The van der Waals surface area contributed by atoms with Gasteiger partial charge in [-0.15, -0.1) is 10.2 Å². The van der Waals surface area contributed by atoms with Crippen LogP contribution in [0.1, 0.15) is 50.6 Å². The Kier molecular flexibility index (Phi) is 8.51. The molecule has 9 heteroatoms. The second kappa shape index (κ2) is 12.0. The lowest BCUT2D eigenvalue weighted by Crippen LogP contribution is -2.37. The first-order valence-electron chi connectivity index (χ1n) is 12.4. The molecule has 2 aliphatic rings. The van der Waals surface area contributed by atoms with Crippen LogP contribution in [0.2, 0.25) is 0 Å². The number of hydrogen-bond acceptors (Lipinski definition) is 7. The number of rotatable bonds is 11. The fraction of sp³-hybridized carbons (Fsp3) is 0.600. The number of methoxy groups -OCH3 is 1. The number of ether oxygens (including phenoxy) is 2. The molecule has 9 nitrogen and oxygen atoms in total. The summed E-state index contributed by atoms with van der Waals surface area (Å²) in [4.78, 5) is 29.8. The largest absolute Gasteiger partial charge is 0.493 e. The van der Waals surface area contributed by atoms with Crippen LogP contribution in [-0.2, 0) is 11.2 Å². The normalized spacial score (nSPS) is 16.6. The highest BCUT2D eigenvalue weighted by Gasteiger charge is 2.19. The SMILES string of the molecule is COc1cc(-c2nnc(CCC(=O)NCCN3CCCCC3)c(=O)[nH]2)ccc1OCC1CCC1. The van der Waals surface area contributed by atoms with Crippen molar-refractivity contribution in [3.63, 3.8) is 0 Å². The average molecular weight is 470 g/mol. The van der Waals surface area contributed by atoms with Gasteiger partial charge < -0.3 is 24.7 Å². The van der Waals surface area contributed by atoms with Crippen LogP contribution in [0.4, 0.5) is 0 Å². The Morgan fingerprint density at radius 3 is 2.68 bits per heavy atom. The number of nitrogens with zero attached hydrogens (tertiary/aromatic N) is 3. The summed E-state index contributed by atoms with van der Waals surface area (Å²) in [6, 6.07) is 5.44. The van der Waals surface area contributed by atoms with E-state index in [4.69, 9.17) is 9.47 Å². The first-order chi connectivity index (χ1) is 16.6. The van der Waals surface area contributed by atoms with Crippen molar-refractivity contribution in [1.82, 2.24) is 25.4 Å². The fourth-order valence-corrected chi connectivity index (χ4v) is 4.31. The summed E-state index contributed by atoms with van der Waals surface area (Å²) >= 11 is 0. The van der Waals surface area contributed by atoms with Crippen molar-refractivity contribution in [3.8, 4) is 22.9 Å². The summed E-state index contributed by atoms with van der Waals surface area (Å²) in [5.74, 6) is 2.16. The van der Waals surface area contributed by atoms with Gasteiger partial charge in [0.15, 0.2) is 17.3 Å². The summed E-state index contributed by atoms with van der Waals surface area (Å²) in [6.07, 6.45) is 7.91. The van der Waals surface area contributed by atoms with Crippen molar-refractivity contribution < 1.29 is 14.3 Å². The predicted molar refractivity (Wildman–Crippen MR) is 129 cm³/mol. The highest BCUT2D eigenvalue weighted by atomic mass is 16.5. The van der Waals surface area contributed by atoms with Crippen molar-refractivity contribution in [1.29, 1.82) is 0 Å². The second-order valence-electron chi connectivity index (χ2n) is 9.18. The Hall–Kier alpha value is -2.94.